The molecule has 6 aromatic rings. The molecule has 0 aliphatic heterocycles. The molecule has 9 nitrogen and oxygen atoms in total. The molecule has 0 unspecified atom stereocenters. The Kier molecular flexibility index (Phi) is 8.62. The number of phenolic OH excluding ortho intramolecular Hbond substituents is 3. The molecule has 0 aliphatic carbocycles. The van der Waals surface area contributed by atoms with Crippen LogP contribution in [0.2, 0.25) is 0 Å². The van der Waals surface area contributed by atoms with Gasteiger partial charge in [0.2, 0.25) is 17.6 Å². The van der Waals surface area contributed by atoms with Gasteiger partial charge in [-0.2, -0.15) is 0 Å². The number of pyridine rings is 3. The summed E-state index contributed by atoms with van der Waals surface area (Å²) in [4.78, 5) is 11.3. The molecule has 6 N–H and O–H groups in total. The predicted octanol–water partition coefficient (Wildman–Crippen LogP) is 3.75. The van der Waals surface area contributed by atoms with Gasteiger partial charge >= 0.3 is 19.8 Å². The number of phenols is 3. The van der Waals surface area contributed by atoms with Crippen molar-refractivity contribution in [3.05, 3.63) is 91.0 Å². The van der Waals surface area contributed by atoms with E-state index < -0.39 is 0 Å². The van der Waals surface area contributed by atoms with Crippen molar-refractivity contribution in [2.45, 2.75) is 0 Å². The average Bonchev–Trinajstić information content (AvgIpc) is 2.87. The van der Waals surface area contributed by atoms with Crippen molar-refractivity contribution < 1.29 is 30.6 Å². The number of hydrogen-bond donors (Lipinski definition) is 6. The van der Waals surface area contributed by atoms with E-state index >= 15 is 0 Å². The van der Waals surface area contributed by atoms with Crippen molar-refractivity contribution in [2.75, 3.05) is 0 Å². The Balaban J connectivity index is 0.000000152. The molecule has 0 atom stereocenters. The van der Waals surface area contributed by atoms with Gasteiger partial charge in [0.15, 0.2) is 0 Å². The zero-order valence-electron chi connectivity index (χ0n) is 18.7. The Morgan fingerprint density at radius 3 is 0.892 bits per heavy atom. The summed E-state index contributed by atoms with van der Waals surface area (Å²) in [5.41, 5.74) is 1.28. The maximum atomic E-state index is 9.32. The molecule has 37 heavy (non-hydrogen) atoms. The molecule has 6 rings (SSSR count). The van der Waals surface area contributed by atoms with Crippen molar-refractivity contribution in [3.8, 4) is 34.9 Å². The zero-order chi connectivity index (χ0) is 25.7. The number of aromatic hydroxyl groups is 6. The van der Waals surface area contributed by atoms with Crippen LogP contribution in [0.3, 0.4) is 0 Å². The number of para-hydroxylation sites is 3. The van der Waals surface area contributed by atoms with Crippen LogP contribution in [0.1, 0.15) is 0 Å². The van der Waals surface area contributed by atoms with Gasteiger partial charge in [0.1, 0.15) is 33.8 Å². The number of nitrogens with zero attached hydrogens (tertiary/aromatic N) is 3. The molecule has 0 amide bonds. The minimum atomic E-state index is -0.0796. The molecule has 0 radical (unpaired) electrons. The van der Waals surface area contributed by atoms with E-state index in [9.17, 15) is 15.3 Å². The van der Waals surface area contributed by atoms with Gasteiger partial charge < -0.3 is 30.6 Å². The van der Waals surface area contributed by atoms with E-state index in [1.165, 1.54) is 36.4 Å². The molecular weight excluding hydrogens is 532 g/mol. The average molecular weight is 556 g/mol. The van der Waals surface area contributed by atoms with Crippen LogP contribution in [0.25, 0.3) is 32.7 Å². The summed E-state index contributed by atoms with van der Waals surface area (Å²) in [6.07, 6.45) is 0. The molecule has 0 fully saturated rings. The van der Waals surface area contributed by atoms with E-state index in [1.54, 1.807) is 36.4 Å². The van der Waals surface area contributed by atoms with Crippen molar-refractivity contribution in [1.82, 2.24) is 15.0 Å². The van der Waals surface area contributed by atoms with Gasteiger partial charge in [0.05, 0.1) is 0 Å². The second kappa shape index (κ2) is 11.8. The van der Waals surface area contributed by atoms with Crippen LogP contribution in [0.4, 0.5) is 0 Å². The van der Waals surface area contributed by atoms with Crippen LogP contribution in [-0.4, -0.2) is 65.4 Å². The van der Waals surface area contributed by atoms with E-state index in [4.69, 9.17) is 15.3 Å². The first-order chi connectivity index (χ1) is 17.3. The first-order valence-corrected chi connectivity index (χ1v) is 10.6. The van der Waals surface area contributed by atoms with E-state index in [0.717, 1.165) is 16.2 Å². The Bertz CT molecular complexity index is 1480. The zero-order valence-corrected chi connectivity index (χ0v) is 18.7. The molecule has 3 aromatic carbocycles. The second-order valence-corrected chi connectivity index (χ2v) is 7.55. The van der Waals surface area contributed by atoms with Gasteiger partial charge in [-0.25, -0.2) is 15.0 Å². The van der Waals surface area contributed by atoms with Gasteiger partial charge in [-0.3, -0.25) is 0 Å². The number of fused-ring (bicyclic) bond motifs is 3. The van der Waals surface area contributed by atoms with E-state index in [-0.39, 0.29) is 54.7 Å². The van der Waals surface area contributed by atoms with Crippen molar-refractivity contribution >= 4 is 52.5 Å². The van der Waals surface area contributed by atoms with Crippen LogP contribution in [0.5, 0.6) is 34.9 Å². The van der Waals surface area contributed by atoms with Gasteiger partial charge in [0.25, 0.3) is 0 Å². The fourth-order valence-electron chi connectivity index (χ4n) is 3.36. The summed E-state index contributed by atoms with van der Waals surface area (Å²) in [5, 5.41) is 57.5. The first-order valence-electron chi connectivity index (χ1n) is 10.6. The summed E-state index contributed by atoms with van der Waals surface area (Å²) >= 11 is 0. The number of rotatable bonds is 0. The van der Waals surface area contributed by atoms with E-state index in [0.29, 0.717) is 16.6 Å². The Morgan fingerprint density at radius 2 is 0.622 bits per heavy atom. The molecule has 0 saturated carbocycles. The number of aromatic nitrogens is 3. The van der Waals surface area contributed by atoms with Crippen molar-refractivity contribution in [1.29, 1.82) is 0 Å². The van der Waals surface area contributed by atoms with Crippen LogP contribution >= 0.6 is 0 Å². The third-order valence-electron chi connectivity index (χ3n) is 5.05. The fraction of sp³-hybridized carbons (Fsp3) is 0. The number of benzene rings is 3. The number of hydrogen-bond acceptors (Lipinski definition) is 9. The Hall–Kier alpha value is -4.67. The maximum absolute atomic E-state index is 9.32. The van der Waals surface area contributed by atoms with Crippen LogP contribution in [0, 0.1) is 0 Å². The monoisotopic (exact) mass is 555 g/mol. The Labute approximate surface area is 223 Å². The van der Waals surface area contributed by atoms with Gasteiger partial charge in [-0.1, -0.05) is 36.4 Å². The third-order valence-corrected chi connectivity index (χ3v) is 5.05. The fourth-order valence-corrected chi connectivity index (χ4v) is 3.36. The second-order valence-electron chi connectivity index (χ2n) is 7.55. The first kappa shape index (κ1) is 26.9. The molecule has 10 heteroatoms. The van der Waals surface area contributed by atoms with Crippen molar-refractivity contribution in [3.63, 3.8) is 0 Å². The molecule has 0 aliphatic rings. The van der Waals surface area contributed by atoms with Gasteiger partial charge in [0, 0.05) is 34.4 Å². The Morgan fingerprint density at radius 1 is 0.351 bits per heavy atom. The topological polar surface area (TPSA) is 160 Å². The molecule has 0 spiro atoms. The standard InChI is InChI=1S/3C9H7NO2.Ga.3H/c3*11-7-3-1-2-6-4-5-8(12)10-9(6)7;;;;/h3*1-5,11H,(H,10,12);;;;. The van der Waals surface area contributed by atoms with E-state index in [2.05, 4.69) is 15.0 Å². The quantitative estimate of drug-likeness (QED) is 0.153. The predicted molar refractivity (Wildman–Crippen MR) is 145 cm³/mol. The summed E-state index contributed by atoms with van der Waals surface area (Å²) in [5.74, 6) is 0.0206. The summed E-state index contributed by atoms with van der Waals surface area (Å²) < 4.78 is 0. The van der Waals surface area contributed by atoms with Crippen LogP contribution < -0.4 is 0 Å². The summed E-state index contributed by atoms with van der Waals surface area (Å²) in [6.45, 7) is 0. The van der Waals surface area contributed by atoms with Crippen LogP contribution in [0.15, 0.2) is 91.0 Å². The SMILES string of the molecule is Oc1ccc2cccc(O)c2n1.Oc1ccc2cccc(O)c2n1.Oc1ccc2cccc(O)c2n1.[GaH3]. The summed E-state index contributed by atoms with van der Waals surface area (Å²) in [6, 6.07) is 24.9. The molecule has 3 aromatic heterocycles. The van der Waals surface area contributed by atoms with Gasteiger partial charge in [-0.15, -0.1) is 0 Å². The minimum absolute atomic E-state index is 0. The normalized spacial score (nSPS) is 10.1. The molecule has 0 bridgehead atoms. The summed E-state index contributed by atoms with van der Waals surface area (Å²) in [7, 11) is 0. The van der Waals surface area contributed by atoms with Crippen molar-refractivity contribution in [2.24, 2.45) is 0 Å². The molecule has 186 valence electrons. The van der Waals surface area contributed by atoms with Crippen LogP contribution in [-0.2, 0) is 0 Å². The molecule has 3 heterocycles. The molecular formula is C27H24GaN3O6. The van der Waals surface area contributed by atoms with Gasteiger partial charge in [-0.05, 0) is 36.4 Å². The van der Waals surface area contributed by atoms with E-state index in [1.807, 2.05) is 18.2 Å². The molecule has 0 saturated heterocycles. The third kappa shape index (κ3) is 6.51.